The Kier molecular flexibility index (Phi) is 3.79. The lowest BCUT2D eigenvalue weighted by Gasteiger charge is -2.32. The van der Waals surface area contributed by atoms with Crippen LogP contribution < -0.4 is 11.1 Å². The molecule has 3 nitrogen and oxygen atoms in total. The van der Waals surface area contributed by atoms with Crippen molar-refractivity contribution in [2.75, 3.05) is 26.2 Å². The lowest BCUT2D eigenvalue weighted by Crippen LogP contribution is -2.45. The fourth-order valence-electron chi connectivity index (χ4n) is 2.87. The molecule has 0 aromatic heterocycles. The molecule has 2 fully saturated rings. The van der Waals surface area contributed by atoms with Crippen LogP contribution in [0.3, 0.4) is 0 Å². The van der Waals surface area contributed by atoms with Gasteiger partial charge in [-0.05, 0) is 45.3 Å². The number of nitrogens with two attached hydrogens (primary N) is 1. The van der Waals surface area contributed by atoms with Gasteiger partial charge in [-0.3, -0.25) is 4.90 Å². The summed E-state index contributed by atoms with van der Waals surface area (Å²) in [5.41, 5.74) is 5.49. The third kappa shape index (κ3) is 2.27. The molecule has 0 radical (unpaired) electrons. The second-order valence-electron chi connectivity index (χ2n) is 4.59. The molecule has 0 bridgehead atoms. The Bertz CT molecular complexity index is 172. The zero-order valence-corrected chi connectivity index (χ0v) is 9.04. The van der Waals surface area contributed by atoms with Crippen LogP contribution >= 0.6 is 0 Å². The van der Waals surface area contributed by atoms with Crippen molar-refractivity contribution in [1.82, 2.24) is 10.2 Å². The maximum absolute atomic E-state index is 5.49. The third-order valence-electron chi connectivity index (χ3n) is 3.64. The quantitative estimate of drug-likeness (QED) is 0.647. The topological polar surface area (TPSA) is 41.3 Å². The molecule has 2 aliphatic rings. The van der Waals surface area contributed by atoms with Crippen LogP contribution in [-0.4, -0.2) is 43.2 Å². The number of fused-ring (bicyclic) bond motifs is 1. The number of hydrogen-bond donors (Lipinski definition) is 2. The van der Waals surface area contributed by atoms with Crippen molar-refractivity contribution < 1.29 is 0 Å². The second-order valence-corrected chi connectivity index (χ2v) is 4.59. The summed E-state index contributed by atoms with van der Waals surface area (Å²) in [5, 5.41) is 3.66. The van der Waals surface area contributed by atoms with Gasteiger partial charge in [-0.15, -0.1) is 0 Å². The Balaban J connectivity index is 1.76. The largest absolute Gasteiger partial charge is 0.330 e. The number of piperidine rings is 1. The van der Waals surface area contributed by atoms with Crippen LogP contribution in [-0.2, 0) is 0 Å². The summed E-state index contributed by atoms with van der Waals surface area (Å²) in [6.07, 6.45) is 6.70. The van der Waals surface area contributed by atoms with E-state index >= 15 is 0 Å². The van der Waals surface area contributed by atoms with E-state index < -0.39 is 0 Å². The first-order chi connectivity index (χ1) is 6.92. The van der Waals surface area contributed by atoms with Gasteiger partial charge in [-0.2, -0.15) is 0 Å². The first kappa shape index (κ1) is 10.4. The van der Waals surface area contributed by atoms with Gasteiger partial charge in [-0.1, -0.05) is 6.42 Å². The minimum Gasteiger partial charge on any atom is -0.330 e. The molecule has 2 aliphatic heterocycles. The highest BCUT2D eigenvalue weighted by molar-refractivity contribution is 4.93. The summed E-state index contributed by atoms with van der Waals surface area (Å²) < 4.78 is 0. The van der Waals surface area contributed by atoms with Gasteiger partial charge in [0, 0.05) is 18.6 Å². The zero-order chi connectivity index (χ0) is 9.80. The summed E-state index contributed by atoms with van der Waals surface area (Å²) in [6.45, 7) is 4.56. The Morgan fingerprint density at radius 2 is 2.14 bits per heavy atom. The third-order valence-corrected chi connectivity index (χ3v) is 3.64. The minimum atomic E-state index is 0.752. The summed E-state index contributed by atoms with van der Waals surface area (Å²) in [7, 11) is 0. The summed E-state index contributed by atoms with van der Waals surface area (Å²) >= 11 is 0. The highest BCUT2D eigenvalue weighted by atomic mass is 15.2. The molecule has 2 atom stereocenters. The van der Waals surface area contributed by atoms with Gasteiger partial charge < -0.3 is 11.1 Å². The predicted molar refractivity (Wildman–Crippen MR) is 59.3 cm³/mol. The van der Waals surface area contributed by atoms with Crippen molar-refractivity contribution in [2.45, 2.75) is 44.2 Å². The lowest BCUT2D eigenvalue weighted by molar-refractivity contribution is 0.180. The molecule has 0 saturated carbocycles. The molecule has 0 amide bonds. The van der Waals surface area contributed by atoms with E-state index in [1.54, 1.807) is 0 Å². The Hall–Kier alpha value is -0.120. The van der Waals surface area contributed by atoms with Crippen molar-refractivity contribution in [3.05, 3.63) is 0 Å². The fourth-order valence-corrected chi connectivity index (χ4v) is 2.87. The van der Waals surface area contributed by atoms with Crippen molar-refractivity contribution in [1.29, 1.82) is 0 Å². The van der Waals surface area contributed by atoms with Crippen molar-refractivity contribution in [3.63, 3.8) is 0 Å². The van der Waals surface area contributed by atoms with Gasteiger partial charge in [0.25, 0.3) is 0 Å². The van der Waals surface area contributed by atoms with E-state index in [1.807, 2.05) is 0 Å². The van der Waals surface area contributed by atoms with Crippen molar-refractivity contribution in [3.8, 4) is 0 Å². The van der Waals surface area contributed by atoms with Crippen LogP contribution in [0.5, 0.6) is 0 Å². The van der Waals surface area contributed by atoms with E-state index in [-0.39, 0.29) is 0 Å². The molecular weight excluding hydrogens is 174 g/mol. The average Bonchev–Trinajstić information content (AvgIpc) is 2.63. The SMILES string of the molecule is NCCCNC1CCN2CCCCC12. The van der Waals surface area contributed by atoms with E-state index in [0.717, 1.165) is 31.6 Å². The molecule has 2 unspecified atom stereocenters. The molecule has 3 heteroatoms. The van der Waals surface area contributed by atoms with Gasteiger partial charge in [-0.25, -0.2) is 0 Å². The Morgan fingerprint density at radius 1 is 1.21 bits per heavy atom. The van der Waals surface area contributed by atoms with E-state index in [2.05, 4.69) is 10.2 Å². The standard InChI is InChI=1S/C11H23N3/c12-6-3-7-13-10-5-9-14-8-2-1-4-11(10)14/h10-11,13H,1-9,12H2. The molecule has 0 spiro atoms. The maximum Gasteiger partial charge on any atom is 0.0249 e. The highest BCUT2D eigenvalue weighted by Gasteiger charge is 2.34. The number of rotatable bonds is 4. The predicted octanol–water partition coefficient (Wildman–Crippen LogP) is 0.552. The van der Waals surface area contributed by atoms with E-state index in [0.29, 0.717) is 0 Å². The van der Waals surface area contributed by atoms with Gasteiger partial charge in [0.15, 0.2) is 0 Å². The molecule has 2 rings (SSSR count). The van der Waals surface area contributed by atoms with Crippen LogP contribution in [0.25, 0.3) is 0 Å². The molecule has 3 N–H and O–H groups in total. The molecule has 2 saturated heterocycles. The first-order valence-electron chi connectivity index (χ1n) is 6.09. The summed E-state index contributed by atoms with van der Waals surface area (Å²) in [6, 6.07) is 1.59. The molecule has 14 heavy (non-hydrogen) atoms. The fraction of sp³-hybridized carbons (Fsp3) is 1.00. The van der Waals surface area contributed by atoms with Crippen LogP contribution in [0.2, 0.25) is 0 Å². The average molecular weight is 197 g/mol. The summed E-state index contributed by atoms with van der Waals surface area (Å²) in [5.74, 6) is 0. The molecular formula is C11H23N3. The van der Waals surface area contributed by atoms with Crippen LogP contribution in [0.15, 0.2) is 0 Å². The van der Waals surface area contributed by atoms with Crippen LogP contribution in [0.1, 0.15) is 32.1 Å². The van der Waals surface area contributed by atoms with E-state index in [1.165, 1.54) is 38.8 Å². The Labute approximate surface area is 87.0 Å². The zero-order valence-electron chi connectivity index (χ0n) is 9.04. The minimum absolute atomic E-state index is 0.752. The second kappa shape index (κ2) is 5.10. The Morgan fingerprint density at radius 3 is 3.00 bits per heavy atom. The van der Waals surface area contributed by atoms with Crippen LogP contribution in [0.4, 0.5) is 0 Å². The number of nitrogens with one attached hydrogen (secondary N) is 1. The molecule has 0 aromatic carbocycles. The number of hydrogen-bond acceptors (Lipinski definition) is 3. The highest BCUT2D eigenvalue weighted by Crippen LogP contribution is 2.26. The molecule has 82 valence electrons. The first-order valence-corrected chi connectivity index (χ1v) is 6.09. The van der Waals surface area contributed by atoms with Crippen molar-refractivity contribution in [2.24, 2.45) is 5.73 Å². The smallest absolute Gasteiger partial charge is 0.0249 e. The monoisotopic (exact) mass is 197 g/mol. The van der Waals surface area contributed by atoms with Gasteiger partial charge in [0.2, 0.25) is 0 Å². The number of nitrogens with zero attached hydrogens (tertiary/aromatic N) is 1. The summed E-state index contributed by atoms with van der Waals surface area (Å²) in [4.78, 5) is 2.67. The normalized spacial score (nSPS) is 33.2. The van der Waals surface area contributed by atoms with Gasteiger partial charge in [0.1, 0.15) is 0 Å². The maximum atomic E-state index is 5.49. The van der Waals surface area contributed by atoms with E-state index in [4.69, 9.17) is 5.73 Å². The lowest BCUT2D eigenvalue weighted by atomic mass is 9.99. The molecule has 0 aromatic rings. The van der Waals surface area contributed by atoms with Gasteiger partial charge in [0.05, 0.1) is 0 Å². The molecule has 0 aliphatic carbocycles. The van der Waals surface area contributed by atoms with Gasteiger partial charge >= 0.3 is 0 Å². The van der Waals surface area contributed by atoms with Crippen molar-refractivity contribution >= 4 is 0 Å². The molecule has 2 heterocycles. The van der Waals surface area contributed by atoms with Crippen LogP contribution in [0, 0.1) is 0 Å². The van der Waals surface area contributed by atoms with E-state index in [9.17, 15) is 0 Å².